The lowest BCUT2D eigenvalue weighted by Gasteiger charge is -2.45. The Labute approximate surface area is 149 Å². The number of ether oxygens (including phenoxy) is 1. The molecule has 5 heteroatoms. The van der Waals surface area contributed by atoms with Crippen LogP contribution in [0, 0.1) is 0 Å². The van der Waals surface area contributed by atoms with Crippen LogP contribution in [0.4, 0.5) is 0 Å². The first kappa shape index (κ1) is 15.2. The molecule has 0 saturated heterocycles. The Balaban J connectivity index is 1.77. The first-order chi connectivity index (χ1) is 11.1. The van der Waals surface area contributed by atoms with Gasteiger partial charge in [-0.05, 0) is 41.1 Å². The smallest absolute Gasteiger partial charge is 0.195 e. The SMILES string of the molecule is CCC[C@]1(C)Oc2ccccc2[C@@H]2CC(c3ccc(Br)s3)=NN21. The fourth-order valence-electron chi connectivity index (χ4n) is 3.57. The molecule has 0 N–H and O–H groups in total. The topological polar surface area (TPSA) is 24.8 Å². The van der Waals surface area contributed by atoms with Crippen molar-refractivity contribution in [2.75, 3.05) is 0 Å². The van der Waals surface area contributed by atoms with Gasteiger partial charge in [0.1, 0.15) is 5.75 Å². The second-order valence-electron chi connectivity index (χ2n) is 6.28. The Bertz CT molecular complexity index is 772. The van der Waals surface area contributed by atoms with E-state index in [2.05, 4.69) is 65.1 Å². The van der Waals surface area contributed by atoms with Crippen LogP contribution in [0.3, 0.4) is 0 Å². The van der Waals surface area contributed by atoms with Crippen molar-refractivity contribution in [2.24, 2.45) is 5.10 Å². The second-order valence-corrected chi connectivity index (χ2v) is 8.74. The molecule has 1 aromatic carbocycles. The van der Waals surface area contributed by atoms with Crippen LogP contribution < -0.4 is 4.74 Å². The van der Waals surface area contributed by atoms with Crippen molar-refractivity contribution in [1.82, 2.24) is 5.01 Å². The number of nitrogens with zero attached hydrogens (tertiary/aromatic N) is 2. The van der Waals surface area contributed by atoms with Gasteiger partial charge in [-0.1, -0.05) is 31.5 Å². The van der Waals surface area contributed by atoms with Gasteiger partial charge in [0, 0.05) is 18.4 Å². The van der Waals surface area contributed by atoms with Crippen LogP contribution in [-0.4, -0.2) is 16.4 Å². The molecule has 0 amide bonds. The van der Waals surface area contributed by atoms with Gasteiger partial charge in [0.2, 0.25) is 0 Å². The van der Waals surface area contributed by atoms with Gasteiger partial charge < -0.3 is 4.74 Å². The molecule has 0 saturated carbocycles. The van der Waals surface area contributed by atoms with E-state index in [1.807, 2.05) is 6.07 Å². The van der Waals surface area contributed by atoms with Crippen molar-refractivity contribution in [3.63, 3.8) is 0 Å². The molecule has 2 aromatic rings. The molecule has 0 fully saturated rings. The number of fused-ring (bicyclic) bond motifs is 3. The van der Waals surface area contributed by atoms with Crippen LogP contribution in [0.5, 0.6) is 5.75 Å². The highest BCUT2D eigenvalue weighted by atomic mass is 79.9. The third kappa shape index (κ3) is 2.50. The zero-order valence-electron chi connectivity index (χ0n) is 13.3. The lowest BCUT2D eigenvalue weighted by Crippen LogP contribution is -2.51. The number of hydrazone groups is 1. The molecule has 4 rings (SSSR count). The molecule has 23 heavy (non-hydrogen) atoms. The van der Waals surface area contributed by atoms with E-state index in [1.165, 1.54) is 10.4 Å². The maximum absolute atomic E-state index is 6.38. The van der Waals surface area contributed by atoms with Gasteiger partial charge in [0.25, 0.3) is 0 Å². The second kappa shape index (κ2) is 5.64. The minimum absolute atomic E-state index is 0.271. The lowest BCUT2D eigenvalue weighted by atomic mass is 9.95. The standard InChI is InChI=1S/C18H19BrN2OS/c1-3-10-18(2)21-14(12-6-4-5-7-15(12)22-18)11-13(20-21)16-8-9-17(19)23-16/h4-9,14H,3,10-11H2,1-2H3/t14-,18-/m0/s1. The fourth-order valence-corrected chi connectivity index (χ4v) is 4.95. The number of thiophene rings is 1. The van der Waals surface area contributed by atoms with Gasteiger partial charge in [-0.3, -0.25) is 0 Å². The summed E-state index contributed by atoms with van der Waals surface area (Å²) in [5.41, 5.74) is 2.04. The van der Waals surface area contributed by atoms with Crippen LogP contribution in [0.1, 0.15) is 49.6 Å². The van der Waals surface area contributed by atoms with Crippen molar-refractivity contribution >= 4 is 33.0 Å². The van der Waals surface area contributed by atoms with Crippen molar-refractivity contribution in [3.8, 4) is 5.75 Å². The summed E-state index contributed by atoms with van der Waals surface area (Å²) in [5.74, 6) is 1.01. The van der Waals surface area contributed by atoms with Crippen molar-refractivity contribution in [2.45, 2.75) is 44.9 Å². The molecule has 0 radical (unpaired) electrons. The van der Waals surface area contributed by atoms with Crippen molar-refractivity contribution in [1.29, 1.82) is 0 Å². The quantitative estimate of drug-likeness (QED) is 0.683. The molecule has 2 aliphatic rings. The first-order valence-electron chi connectivity index (χ1n) is 8.01. The van der Waals surface area contributed by atoms with Crippen molar-refractivity contribution < 1.29 is 4.74 Å². The lowest BCUT2D eigenvalue weighted by molar-refractivity contribution is -0.111. The monoisotopic (exact) mass is 390 g/mol. The summed E-state index contributed by atoms with van der Waals surface area (Å²) in [7, 11) is 0. The molecular weight excluding hydrogens is 372 g/mol. The van der Waals surface area contributed by atoms with Crippen LogP contribution in [0.2, 0.25) is 0 Å². The summed E-state index contributed by atoms with van der Waals surface area (Å²) in [4.78, 5) is 1.24. The molecule has 2 aliphatic heterocycles. The van der Waals surface area contributed by atoms with Crippen LogP contribution in [0.25, 0.3) is 0 Å². The fraction of sp³-hybridized carbons (Fsp3) is 0.389. The Morgan fingerprint density at radius 2 is 2.17 bits per heavy atom. The van der Waals surface area contributed by atoms with Crippen LogP contribution in [0.15, 0.2) is 45.3 Å². The summed E-state index contributed by atoms with van der Waals surface area (Å²) >= 11 is 5.30. The molecular formula is C18H19BrN2OS. The summed E-state index contributed by atoms with van der Waals surface area (Å²) in [6, 6.07) is 12.9. The Morgan fingerprint density at radius 3 is 2.91 bits per heavy atom. The molecule has 0 spiro atoms. The molecule has 3 heterocycles. The third-order valence-electron chi connectivity index (χ3n) is 4.57. The summed E-state index contributed by atoms with van der Waals surface area (Å²) in [6.45, 7) is 4.36. The first-order valence-corrected chi connectivity index (χ1v) is 9.62. The van der Waals surface area contributed by atoms with Gasteiger partial charge in [0.05, 0.1) is 20.4 Å². The predicted molar refractivity (Wildman–Crippen MR) is 98.1 cm³/mol. The summed E-state index contributed by atoms with van der Waals surface area (Å²) in [6.07, 6.45) is 2.96. The zero-order valence-corrected chi connectivity index (χ0v) is 15.7. The maximum atomic E-state index is 6.38. The Hall–Kier alpha value is -1.33. The zero-order chi connectivity index (χ0) is 16.0. The van der Waals surface area contributed by atoms with E-state index in [4.69, 9.17) is 9.84 Å². The minimum Gasteiger partial charge on any atom is -0.466 e. The predicted octanol–water partition coefficient (Wildman–Crippen LogP) is 5.57. The average molecular weight is 391 g/mol. The number of hydrogen-bond donors (Lipinski definition) is 0. The van der Waals surface area contributed by atoms with Gasteiger partial charge in [0.15, 0.2) is 5.72 Å². The Kier molecular flexibility index (Phi) is 3.73. The maximum Gasteiger partial charge on any atom is 0.195 e. The minimum atomic E-state index is -0.371. The molecule has 120 valence electrons. The highest BCUT2D eigenvalue weighted by Gasteiger charge is 2.47. The van der Waals surface area contributed by atoms with Gasteiger partial charge in [-0.15, -0.1) is 11.3 Å². The largest absolute Gasteiger partial charge is 0.466 e. The van der Waals surface area contributed by atoms with Crippen LogP contribution >= 0.6 is 27.3 Å². The average Bonchev–Trinajstić information content (AvgIpc) is 3.14. The van der Waals surface area contributed by atoms with Gasteiger partial charge >= 0.3 is 0 Å². The van der Waals surface area contributed by atoms with Crippen LogP contribution in [-0.2, 0) is 0 Å². The molecule has 0 aliphatic carbocycles. The Morgan fingerprint density at radius 1 is 1.35 bits per heavy atom. The normalized spacial score (nSPS) is 25.6. The number of rotatable bonds is 3. The van der Waals surface area contributed by atoms with E-state index in [0.717, 1.165) is 34.5 Å². The van der Waals surface area contributed by atoms with E-state index in [1.54, 1.807) is 11.3 Å². The summed E-state index contributed by atoms with van der Waals surface area (Å²) < 4.78 is 7.52. The molecule has 0 unspecified atom stereocenters. The van der Waals surface area contributed by atoms with E-state index in [9.17, 15) is 0 Å². The number of halogens is 1. The van der Waals surface area contributed by atoms with E-state index >= 15 is 0 Å². The highest BCUT2D eigenvalue weighted by Crippen LogP contribution is 2.48. The van der Waals surface area contributed by atoms with E-state index in [0.29, 0.717) is 0 Å². The summed E-state index contributed by atoms with van der Waals surface area (Å²) in [5, 5.41) is 7.18. The molecule has 0 bridgehead atoms. The molecule has 3 nitrogen and oxygen atoms in total. The number of para-hydroxylation sites is 1. The number of benzene rings is 1. The van der Waals surface area contributed by atoms with Gasteiger partial charge in [-0.25, -0.2) is 5.01 Å². The molecule has 2 atom stereocenters. The third-order valence-corrected chi connectivity index (χ3v) is 6.25. The van der Waals surface area contributed by atoms with Crippen molar-refractivity contribution in [3.05, 3.63) is 50.6 Å². The highest BCUT2D eigenvalue weighted by molar-refractivity contribution is 9.11. The van der Waals surface area contributed by atoms with E-state index < -0.39 is 0 Å². The number of hydrogen-bond acceptors (Lipinski definition) is 4. The van der Waals surface area contributed by atoms with E-state index in [-0.39, 0.29) is 11.8 Å². The van der Waals surface area contributed by atoms with Gasteiger partial charge in [-0.2, -0.15) is 5.10 Å². The molecule has 1 aromatic heterocycles.